The Bertz CT molecular complexity index is 611. The lowest BCUT2D eigenvalue weighted by atomic mass is 10.0. The molecule has 0 aliphatic rings. The third-order valence-corrected chi connectivity index (χ3v) is 3.31. The summed E-state index contributed by atoms with van der Waals surface area (Å²) in [4.78, 5) is 12.0. The van der Waals surface area contributed by atoms with Crippen molar-refractivity contribution in [3.8, 4) is 0 Å². The highest BCUT2D eigenvalue weighted by Crippen LogP contribution is 2.20. The molecule has 0 atom stereocenters. The number of hydrogen-bond acceptors (Lipinski definition) is 1. The lowest BCUT2D eigenvalue weighted by Crippen LogP contribution is -2.02. The van der Waals surface area contributed by atoms with Crippen molar-refractivity contribution in [2.45, 2.75) is 12.8 Å². The minimum atomic E-state index is -0.448. The van der Waals surface area contributed by atoms with Gasteiger partial charge in [0.2, 0.25) is 0 Å². The first kappa shape index (κ1) is 14.0. The van der Waals surface area contributed by atoms with E-state index in [2.05, 4.69) is 0 Å². The van der Waals surface area contributed by atoms with E-state index in [1.807, 2.05) is 18.2 Å². The average molecular weight is 297 g/mol. The van der Waals surface area contributed by atoms with Crippen LogP contribution in [0.4, 0.5) is 4.39 Å². The predicted octanol–water partition coefficient (Wildman–Crippen LogP) is 4.95. The number of Topliss-reactive ketones (excluding diaryl/α,β-unsaturated/α-hetero) is 1. The first-order chi connectivity index (χ1) is 9.06. The minimum absolute atomic E-state index is 0.107. The van der Waals surface area contributed by atoms with Gasteiger partial charge in [0.15, 0.2) is 5.78 Å². The highest BCUT2D eigenvalue weighted by molar-refractivity contribution is 6.34. The second-order valence-corrected chi connectivity index (χ2v) is 5.02. The lowest BCUT2D eigenvalue weighted by Gasteiger charge is -2.04. The molecule has 19 heavy (non-hydrogen) atoms. The second-order valence-electron chi connectivity index (χ2n) is 4.18. The van der Waals surface area contributed by atoms with Crippen LogP contribution in [0.2, 0.25) is 10.0 Å². The fourth-order valence-corrected chi connectivity index (χ4v) is 2.29. The molecule has 4 heteroatoms. The smallest absolute Gasteiger partial charge is 0.164 e. The topological polar surface area (TPSA) is 17.1 Å². The number of rotatable bonds is 4. The van der Waals surface area contributed by atoms with Crippen molar-refractivity contribution in [3.63, 3.8) is 0 Å². The van der Waals surface area contributed by atoms with Gasteiger partial charge in [-0.25, -0.2) is 4.39 Å². The summed E-state index contributed by atoms with van der Waals surface area (Å²) in [7, 11) is 0. The summed E-state index contributed by atoms with van der Waals surface area (Å²) in [5.41, 5.74) is 1.34. The summed E-state index contributed by atoms with van der Waals surface area (Å²) in [6, 6.07) is 11.1. The maximum Gasteiger partial charge on any atom is 0.164 e. The molecule has 2 rings (SSSR count). The Labute approximate surface area is 121 Å². The first-order valence-electron chi connectivity index (χ1n) is 5.79. The van der Waals surface area contributed by atoms with Gasteiger partial charge in [0.1, 0.15) is 5.82 Å². The van der Waals surface area contributed by atoms with Crippen molar-refractivity contribution in [2.75, 3.05) is 0 Å². The van der Waals surface area contributed by atoms with Crippen molar-refractivity contribution in [1.82, 2.24) is 0 Å². The molecule has 0 amide bonds. The zero-order valence-corrected chi connectivity index (χ0v) is 11.5. The molecule has 0 aromatic heterocycles. The van der Waals surface area contributed by atoms with Gasteiger partial charge in [0.25, 0.3) is 0 Å². The summed E-state index contributed by atoms with van der Waals surface area (Å²) < 4.78 is 12.9. The maximum atomic E-state index is 12.9. The van der Waals surface area contributed by atoms with Crippen LogP contribution >= 0.6 is 23.2 Å². The van der Waals surface area contributed by atoms with Crippen molar-refractivity contribution in [2.24, 2.45) is 0 Å². The number of hydrogen-bond donors (Lipinski definition) is 0. The van der Waals surface area contributed by atoms with E-state index in [-0.39, 0.29) is 10.8 Å². The van der Waals surface area contributed by atoms with E-state index in [9.17, 15) is 9.18 Å². The van der Waals surface area contributed by atoms with Gasteiger partial charge in [0.05, 0.1) is 5.02 Å². The first-order valence-corrected chi connectivity index (χ1v) is 6.54. The predicted molar refractivity (Wildman–Crippen MR) is 75.5 cm³/mol. The van der Waals surface area contributed by atoms with Gasteiger partial charge in [-0.3, -0.25) is 4.79 Å². The monoisotopic (exact) mass is 296 g/mol. The van der Waals surface area contributed by atoms with Gasteiger partial charge in [-0.2, -0.15) is 0 Å². The number of carbonyl (C=O) groups excluding carboxylic acids is 1. The fraction of sp³-hybridized carbons (Fsp3) is 0.133. The van der Waals surface area contributed by atoms with Gasteiger partial charge in [0, 0.05) is 17.0 Å². The van der Waals surface area contributed by atoms with Crippen LogP contribution < -0.4 is 0 Å². The summed E-state index contributed by atoms with van der Waals surface area (Å²) in [5, 5.41) is 0.792. The van der Waals surface area contributed by atoms with Crippen molar-refractivity contribution in [1.29, 1.82) is 0 Å². The molecule has 0 N–H and O–H groups in total. The third kappa shape index (κ3) is 3.79. The SMILES string of the molecule is O=C(CCc1cccc(Cl)c1)c1ccc(F)cc1Cl. The quantitative estimate of drug-likeness (QED) is 0.730. The standard InChI is InChI=1S/C15H11Cl2FO/c16-11-3-1-2-10(8-11)4-7-15(19)13-6-5-12(18)9-14(13)17/h1-3,5-6,8-9H,4,7H2. The molecular formula is C15H11Cl2FO. The summed E-state index contributed by atoms with van der Waals surface area (Å²) in [6.07, 6.45) is 0.888. The number of ketones is 1. The molecule has 0 aliphatic heterocycles. The van der Waals surface area contributed by atoms with Gasteiger partial charge < -0.3 is 0 Å². The van der Waals surface area contributed by atoms with Crippen LogP contribution in [0, 0.1) is 5.82 Å². The molecule has 2 aromatic carbocycles. The van der Waals surface area contributed by atoms with Crippen LogP contribution in [0.3, 0.4) is 0 Å². The molecule has 1 nitrogen and oxygen atoms in total. The van der Waals surface area contributed by atoms with Crippen molar-refractivity contribution >= 4 is 29.0 Å². The summed E-state index contributed by atoms with van der Waals surface area (Å²) in [5.74, 6) is -0.554. The van der Waals surface area contributed by atoms with E-state index in [0.29, 0.717) is 23.4 Å². The Kier molecular flexibility index (Phi) is 4.56. The normalized spacial score (nSPS) is 10.5. The summed E-state index contributed by atoms with van der Waals surface area (Å²) >= 11 is 11.7. The van der Waals surface area contributed by atoms with E-state index in [0.717, 1.165) is 11.6 Å². The molecular weight excluding hydrogens is 286 g/mol. The molecule has 0 saturated carbocycles. The largest absolute Gasteiger partial charge is 0.294 e. The van der Waals surface area contributed by atoms with Gasteiger partial charge in [-0.1, -0.05) is 35.3 Å². The molecule has 0 heterocycles. The molecule has 0 unspecified atom stereocenters. The average Bonchev–Trinajstić information content (AvgIpc) is 2.36. The Balaban J connectivity index is 2.05. The summed E-state index contributed by atoms with van der Waals surface area (Å²) in [6.45, 7) is 0. The van der Waals surface area contributed by atoms with E-state index in [4.69, 9.17) is 23.2 Å². The van der Waals surface area contributed by atoms with Gasteiger partial charge in [-0.15, -0.1) is 0 Å². The van der Waals surface area contributed by atoms with E-state index >= 15 is 0 Å². The van der Waals surface area contributed by atoms with Gasteiger partial charge in [-0.05, 0) is 42.3 Å². The Morgan fingerprint density at radius 1 is 1.11 bits per heavy atom. The molecule has 0 bridgehead atoms. The highest BCUT2D eigenvalue weighted by atomic mass is 35.5. The minimum Gasteiger partial charge on any atom is -0.294 e. The van der Waals surface area contributed by atoms with Crippen molar-refractivity contribution in [3.05, 3.63) is 69.5 Å². The number of carbonyl (C=O) groups is 1. The maximum absolute atomic E-state index is 12.9. The van der Waals surface area contributed by atoms with E-state index < -0.39 is 5.82 Å². The van der Waals surface area contributed by atoms with Crippen LogP contribution in [0.5, 0.6) is 0 Å². The molecule has 0 radical (unpaired) electrons. The fourth-order valence-electron chi connectivity index (χ4n) is 1.80. The van der Waals surface area contributed by atoms with Crippen molar-refractivity contribution < 1.29 is 9.18 Å². The van der Waals surface area contributed by atoms with Crippen LogP contribution in [0.15, 0.2) is 42.5 Å². The third-order valence-electron chi connectivity index (χ3n) is 2.76. The Morgan fingerprint density at radius 3 is 2.58 bits per heavy atom. The molecule has 98 valence electrons. The van der Waals surface area contributed by atoms with Crippen LogP contribution in [0.25, 0.3) is 0 Å². The van der Waals surface area contributed by atoms with Crippen LogP contribution in [-0.4, -0.2) is 5.78 Å². The van der Waals surface area contributed by atoms with E-state index in [1.165, 1.54) is 12.1 Å². The number of halogens is 3. The highest BCUT2D eigenvalue weighted by Gasteiger charge is 2.11. The zero-order chi connectivity index (χ0) is 13.8. The lowest BCUT2D eigenvalue weighted by molar-refractivity contribution is 0.0983. The second kappa shape index (κ2) is 6.18. The number of benzene rings is 2. The molecule has 0 aliphatic carbocycles. The zero-order valence-electron chi connectivity index (χ0n) is 10.00. The van der Waals surface area contributed by atoms with Crippen LogP contribution in [0.1, 0.15) is 22.3 Å². The Hall–Kier alpha value is -1.38. The molecule has 0 saturated heterocycles. The molecule has 2 aromatic rings. The molecule has 0 spiro atoms. The number of aryl methyl sites for hydroxylation is 1. The van der Waals surface area contributed by atoms with E-state index in [1.54, 1.807) is 6.07 Å². The molecule has 0 fully saturated rings. The van der Waals surface area contributed by atoms with Crippen LogP contribution in [-0.2, 0) is 6.42 Å². The van der Waals surface area contributed by atoms with Gasteiger partial charge >= 0.3 is 0 Å². The Morgan fingerprint density at radius 2 is 1.89 bits per heavy atom.